The van der Waals surface area contributed by atoms with Crippen molar-refractivity contribution in [2.24, 2.45) is 0 Å². The molecule has 1 aliphatic carbocycles. The zero-order chi connectivity index (χ0) is 23.6. The molecule has 1 aromatic carbocycles. The monoisotopic (exact) mass is 449 g/mol. The maximum atomic E-state index is 10.7. The molecule has 2 aliphatic rings. The minimum absolute atomic E-state index is 0.194. The zero-order valence-electron chi connectivity index (χ0n) is 20.7. The van der Waals surface area contributed by atoms with E-state index in [2.05, 4.69) is 73.9 Å². The molecule has 5 nitrogen and oxygen atoms in total. The smallest absolute Gasteiger partial charge is 0.303 e. The second kappa shape index (κ2) is 9.46. The van der Waals surface area contributed by atoms with Crippen LogP contribution in [0.2, 0.25) is 0 Å². The van der Waals surface area contributed by atoms with Crippen molar-refractivity contribution in [2.75, 3.05) is 37.6 Å². The van der Waals surface area contributed by atoms with Gasteiger partial charge in [0.2, 0.25) is 0 Å². The van der Waals surface area contributed by atoms with Crippen LogP contribution in [0.25, 0.3) is 11.3 Å². The molecule has 1 N–H and O–H groups in total. The van der Waals surface area contributed by atoms with E-state index in [1.165, 1.54) is 29.5 Å². The molecule has 0 amide bonds. The van der Waals surface area contributed by atoms with Gasteiger partial charge < -0.3 is 10.0 Å². The summed E-state index contributed by atoms with van der Waals surface area (Å²) in [6.07, 6.45) is 4.42. The fourth-order valence-corrected chi connectivity index (χ4v) is 5.32. The summed E-state index contributed by atoms with van der Waals surface area (Å²) in [5.74, 6) is 0.354. The number of nitrogens with zero attached hydrogens (tertiary/aromatic N) is 3. The van der Waals surface area contributed by atoms with E-state index in [1.807, 2.05) is 0 Å². The topological polar surface area (TPSA) is 56.7 Å². The number of aromatic nitrogens is 1. The molecule has 0 bridgehead atoms. The average molecular weight is 450 g/mol. The van der Waals surface area contributed by atoms with E-state index < -0.39 is 5.97 Å². The van der Waals surface area contributed by atoms with Crippen LogP contribution in [0, 0.1) is 0 Å². The molecular weight excluding hydrogens is 410 g/mol. The average Bonchev–Trinajstić information content (AvgIpc) is 2.80. The van der Waals surface area contributed by atoms with Crippen LogP contribution >= 0.6 is 0 Å². The Morgan fingerprint density at radius 3 is 2.33 bits per heavy atom. The van der Waals surface area contributed by atoms with Crippen molar-refractivity contribution in [2.45, 2.75) is 70.6 Å². The quantitative estimate of drug-likeness (QED) is 0.568. The Bertz CT molecular complexity index is 990. The highest BCUT2D eigenvalue weighted by Crippen LogP contribution is 2.46. The van der Waals surface area contributed by atoms with Crippen LogP contribution in [0.4, 0.5) is 5.82 Å². The molecule has 1 saturated heterocycles. The first kappa shape index (κ1) is 23.7. The number of aliphatic carboxylic acids is 1. The lowest BCUT2D eigenvalue weighted by Crippen LogP contribution is -2.46. The molecule has 2 heterocycles. The molecular formula is C28H39N3O2. The molecule has 1 aromatic heterocycles. The molecule has 1 aliphatic heterocycles. The zero-order valence-corrected chi connectivity index (χ0v) is 20.7. The Balaban J connectivity index is 1.45. The fourth-order valence-electron chi connectivity index (χ4n) is 5.32. The molecule has 2 aromatic rings. The van der Waals surface area contributed by atoms with Gasteiger partial charge in [0.25, 0.3) is 0 Å². The minimum atomic E-state index is -0.697. The van der Waals surface area contributed by atoms with Crippen LogP contribution in [0.15, 0.2) is 36.4 Å². The highest BCUT2D eigenvalue weighted by Gasteiger charge is 2.37. The normalized spacial score (nSPS) is 19.8. The van der Waals surface area contributed by atoms with Gasteiger partial charge in [0.1, 0.15) is 5.82 Å². The van der Waals surface area contributed by atoms with Gasteiger partial charge in [-0.15, -0.1) is 0 Å². The molecule has 5 heteroatoms. The summed E-state index contributed by atoms with van der Waals surface area (Å²) in [6, 6.07) is 13.4. The Labute approximate surface area is 198 Å². The lowest BCUT2D eigenvalue weighted by molar-refractivity contribution is -0.137. The summed E-state index contributed by atoms with van der Waals surface area (Å²) in [6.45, 7) is 14.4. The van der Waals surface area contributed by atoms with E-state index in [-0.39, 0.29) is 17.3 Å². The molecule has 4 rings (SSSR count). The number of piperazine rings is 1. The molecule has 0 saturated carbocycles. The SMILES string of the molecule is CC1(C)CCC(C)(C)c2cc(-c3cccc(N4CCN(CCCCC(=O)O)CC4)n3)ccc21. The number of carboxylic acids is 1. The largest absolute Gasteiger partial charge is 0.481 e. The summed E-state index contributed by atoms with van der Waals surface area (Å²) in [7, 11) is 0. The number of unbranched alkanes of at least 4 members (excludes halogenated alkanes) is 1. The maximum absolute atomic E-state index is 10.7. The molecule has 0 unspecified atom stereocenters. The molecule has 178 valence electrons. The number of fused-ring (bicyclic) bond motifs is 1. The highest BCUT2D eigenvalue weighted by atomic mass is 16.4. The van der Waals surface area contributed by atoms with Crippen molar-refractivity contribution in [1.82, 2.24) is 9.88 Å². The highest BCUT2D eigenvalue weighted by molar-refractivity contribution is 5.66. The Morgan fingerprint density at radius 2 is 1.64 bits per heavy atom. The van der Waals surface area contributed by atoms with Gasteiger partial charge >= 0.3 is 5.97 Å². The third kappa shape index (κ3) is 5.40. The number of hydrogen-bond acceptors (Lipinski definition) is 4. The summed E-state index contributed by atoms with van der Waals surface area (Å²) in [5.41, 5.74) is 5.63. The molecule has 1 fully saturated rings. The molecule has 33 heavy (non-hydrogen) atoms. The predicted molar refractivity (Wildman–Crippen MR) is 135 cm³/mol. The van der Waals surface area contributed by atoms with Crippen molar-refractivity contribution in [1.29, 1.82) is 0 Å². The van der Waals surface area contributed by atoms with E-state index in [0.29, 0.717) is 0 Å². The minimum Gasteiger partial charge on any atom is -0.481 e. The van der Waals surface area contributed by atoms with Gasteiger partial charge in [-0.3, -0.25) is 9.69 Å². The van der Waals surface area contributed by atoms with Crippen LogP contribution in [0.5, 0.6) is 0 Å². The Hall–Kier alpha value is -2.40. The van der Waals surface area contributed by atoms with Crippen LogP contribution < -0.4 is 4.90 Å². The molecule has 0 spiro atoms. The summed E-state index contributed by atoms with van der Waals surface area (Å²) in [5, 5.41) is 8.80. The third-order valence-electron chi connectivity index (χ3n) is 7.69. The lowest BCUT2D eigenvalue weighted by atomic mass is 9.63. The first-order valence-corrected chi connectivity index (χ1v) is 12.5. The number of benzene rings is 1. The van der Waals surface area contributed by atoms with Gasteiger partial charge in [-0.1, -0.05) is 45.9 Å². The number of carbonyl (C=O) groups is 1. The number of anilines is 1. The first-order chi connectivity index (χ1) is 15.7. The van der Waals surface area contributed by atoms with E-state index >= 15 is 0 Å². The number of pyridine rings is 1. The van der Waals surface area contributed by atoms with Gasteiger partial charge in [-0.25, -0.2) is 4.98 Å². The van der Waals surface area contributed by atoms with E-state index in [1.54, 1.807) is 0 Å². The van der Waals surface area contributed by atoms with Crippen LogP contribution in [-0.2, 0) is 15.6 Å². The molecule has 0 atom stereocenters. The van der Waals surface area contributed by atoms with Crippen molar-refractivity contribution in [3.05, 3.63) is 47.5 Å². The number of rotatable bonds is 7. The second-order valence-corrected chi connectivity index (χ2v) is 11.1. The van der Waals surface area contributed by atoms with Gasteiger partial charge in [-0.2, -0.15) is 0 Å². The van der Waals surface area contributed by atoms with E-state index in [9.17, 15) is 4.79 Å². The van der Waals surface area contributed by atoms with Crippen LogP contribution in [0.1, 0.15) is 70.9 Å². The number of hydrogen-bond donors (Lipinski definition) is 1. The summed E-state index contributed by atoms with van der Waals surface area (Å²) < 4.78 is 0. The van der Waals surface area contributed by atoms with Crippen molar-refractivity contribution >= 4 is 11.8 Å². The van der Waals surface area contributed by atoms with Gasteiger partial charge in [0.15, 0.2) is 0 Å². The van der Waals surface area contributed by atoms with Crippen molar-refractivity contribution < 1.29 is 9.90 Å². The fraction of sp³-hybridized carbons (Fsp3) is 0.571. The summed E-state index contributed by atoms with van der Waals surface area (Å²) in [4.78, 5) is 20.6. The van der Waals surface area contributed by atoms with Crippen molar-refractivity contribution in [3.63, 3.8) is 0 Å². The van der Waals surface area contributed by atoms with Gasteiger partial charge in [0.05, 0.1) is 5.69 Å². The van der Waals surface area contributed by atoms with E-state index in [0.717, 1.165) is 57.1 Å². The molecule has 0 radical (unpaired) electrons. The number of carboxylic acid groups (broad SMARTS) is 1. The first-order valence-electron chi connectivity index (χ1n) is 12.5. The lowest BCUT2D eigenvalue weighted by Gasteiger charge is -2.42. The van der Waals surface area contributed by atoms with Gasteiger partial charge in [-0.05, 0) is 72.4 Å². The summed E-state index contributed by atoms with van der Waals surface area (Å²) >= 11 is 0. The Morgan fingerprint density at radius 1 is 0.939 bits per heavy atom. The maximum Gasteiger partial charge on any atom is 0.303 e. The second-order valence-electron chi connectivity index (χ2n) is 11.1. The van der Waals surface area contributed by atoms with E-state index in [4.69, 9.17) is 10.1 Å². The Kier molecular flexibility index (Phi) is 6.81. The van der Waals surface area contributed by atoms with Crippen LogP contribution in [-0.4, -0.2) is 53.7 Å². The van der Waals surface area contributed by atoms with Gasteiger partial charge in [0, 0.05) is 38.2 Å². The van der Waals surface area contributed by atoms with Crippen LogP contribution in [0.3, 0.4) is 0 Å². The predicted octanol–water partition coefficient (Wildman–Crippen LogP) is 5.47. The third-order valence-corrected chi connectivity index (χ3v) is 7.69. The van der Waals surface area contributed by atoms with Crippen molar-refractivity contribution in [3.8, 4) is 11.3 Å². The standard InChI is InChI=1S/C28H39N3O2/c1-27(2)13-14-28(3,4)23-20-21(11-12-22(23)27)24-8-7-9-25(29-24)31-18-16-30(17-19-31)15-6-5-10-26(32)33/h7-9,11-12,20H,5-6,10,13-19H2,1-4H3,(H,32,33).